The van der Waals surface area contributed by atoms with Crippen LogP contribution < -0.4 is 0 Å². The maximum atomic E-state index is 12.9. The van der Waals surface area contributed by atoms with Crippen molar-refractivity contribution >= 4 is 27.5 Å². The minimum absolute atomic E-state index is 0.00783. The quantitative estimate of drug-likeness (QED) is 0.609. The molecule has 6 nitrogen and oxygen atoms in total. The number of carbonyl (C=O) groups is 1. The zero-order chi connectivity index (χ0) is 20.9. The van der Waals surface area contributed by atoms with E-state index in [1.54, 1.807) is 4.90 Å². The average molecular weight is 443 g/mol. The van der Waals surface area contributed by atoms with Crippen LogP contribution >= 0.6 is 11.6 Å². The molecule has 1 aromatic carbocycles. The Morgan fingerprint density at radius 2 is 1.86 bits per heavy atom. The number of halogens is 4. The highest BCUT2D eigenvalue weighted by Gasteiger charge is 2.35. The number of nitrogens with zero attached hydrogens (tertiary/aromatic N) is 2. The molecule has 158 valence electrons. The lowest BCUT2D eigenvalue weighted by atomic mass is 10.2. The average Bonchev–Trinajstić information content (AvgIpc) is 2.64. The molecule has 0 unspecified atom stereocenters. The fourth-order valence-corrected chi connectivity index (χ4v) is 4.74. The van der Waals surface area contributed by atoms with E-state index in [4.69, 9.17) is 16.3 Å². The van der Waals surface area contributed by atoms with E-state index in [1.807, 2.05) is 6.92 Å². The van der Waals surface area contributed by atoms with E-state index >= 15 is 0 Å². The standard InChI is InChI=1S/C17H22ClF3N2O4S/c1-2-27-11-3-4-16(24)22-7-9-23(10-8-22)28(25,26)15-12-13(17(19,20)21)5-6-14(15)18/h5-6,12H,2-4,7-11H2,1H3. The summed E-state index contributed by atoms with van der Waals surface area (Å²) in [6.45, 7) is 3.23. The molecule has 1 aliphatic heterocycles. The van der Waals surface area contributed by atoms with Gasteiger partial charge in [0.15, 0.2) is 0 Å². The Balaban J connectivity index is 2.04. The number of hydrogen-bond donors (Lipinski definition) is 0. The molecule has 1 aliphatic rings. The molecule has 2 rings (SSSR count). The Bertz CT molecular complexity index is 794. The van der Waals surface area contributed by atoms with E-state index < -0.39 is 26.7 Å². The lowest BCUT2D eigenvalue weighted by Crippen LogP contribution is -2.50. The Labute approximate surface area is 167 Å². The van der Waals surface area contributed by atoms with E-state index in [1.165, 1.54) is 0 Å². The second kappa shape index (κ2) is 9.43. The Kier molecular flexibility index (Phi) is 7.72. The first-order valence-corrected chi connectivity index (χ1v) is 10.6. The molecule has 0 N–H and O–H groups in total. The van der Waals surface area contributed by atoms with Crippen LogP contribution in [0.3, 0.4) is 0 Å². The second-order valence-corrected chi connectivity index (χ2v) is 8.54. The molecule has 11 heteroatoms. The predicted molar refractivity (Wildman–Crippen MR) is 97.5 cm³/mol. The van der Waals surface area contributed by atoms with E-state index in [9.17, 15) is 26.4 Å². The molecule has 1 heterocycles. The van der Waals surface area contributed by atoms with Crippen molar-refractivity contribution in [2.24, 2.45) is 0 Å². The number of amides is 1. The number of alkyl halides is 3. The molecule has 1 fully saturated rings. The normalized spacial score (nSPS) is 16.4. The molecule has 0 aromatic heterocycles. The van der Waals surface area contributed by atoms with Crippen molar-refractivity contribution in [3.05, 3.63) is 28.8 Å². The van der Waals surface area contributed by atoms with Crippen LogP contribution in [0, 0.1) is 0 Å². The summed E-state index contributed by atoms with van der Waals surface area (Å²) >= 11 is 5.86. The second-order valence-electron chi connectivity index (χ2n) is 6.23. The molecule has 0 bridgehead atoms. The number of carbonyl (C=O) groups excluding carboxylic acids is 1. The van der Waals surface area contributed by atoms with Crippen LogP contribution in [0.2, 0.25) is 5.02 Å². The number of ether oxygens (including phenoxy) is 1. The fraction of sp³-hybridized carbons (Fsp3) is 0.588. The maximum Gasteiger partial charge on any atom is 0.416 e. The molecule has 0 atom stereocenters. The molecule has 0 spiro atoms. The van der Waals surface area contributed by atoms with Crippen LogP contribution in [0.4, 0.5) is 13.2 Å². The van der Waals surface area contributed by atoms with Crippen LogP contribution in [-0.4, -0.2) is 62.9 Å². The molecule has 1 saturated heterocycles. The van der Waals surface area contributed by atoms with Gasteiger partial charge in [0, 0.05) is 45.8 Å². The van der Waals surface area contributed by atoms with E-state index in [0.717, 1.165) is 16.4 Å². The molecule has 1 aromatic rings. The van der Waals surface area contributed by atoms with Gasteiger partial charge in [-0.25, -0.2) is 8.42 Å². The summed E-state index contributed by atoms with van der Waals surface area (Å²) < 4.78 is 70.5. The third-order valence-electron chi connectivity index (χ3n) is 4.35. The van der Waals surface area contributed by atoms with Crippen LogP contribution in [0.5, 0.6) is 0 Å². The Morgan fingerprint density at radius 3 is 2.43 bits per heavy atom. The third-order valence-corrected chi connectivity index (χ3v) is 6.73. The Morgan fingerprint density at radius 1 is 1.21 bits per heavy atom. The first-order chi connectivity index (χ1) is 13.1. The SMILES string of the molecule is CCOCCCC(=O)N1CCN(S(=O)(=O)c2cc(C(F)(F)F)ccc2Cl)CC1. The van der Waals surface area contributed by atoms with Crippen molar-refractivity contribution in [2.75, 3.05) is 39.4 Å². The predicted octanol–water partition coefficient (Wildman–Crippen LogP) is 3.01. The first-order valence-electron chi connectivity index (χ1n) is 8.79. The molecule has 28 heavy (non-hydrogen) atoms. The zero-order valence-corrected chi connectivity index (χ0v) is 16.9. The van der Waals surface area contributed by atoms with Gasteiger partial charge in [-0.1, -0.05) is 11.6 Å². The summed E-state index contributed by atoms with van der Waals surface area (Å²) in [6.07, 6.45) is -3.81. The summed E-state index contributed by atoms with van der Waals surface area (Å²) in [5, 5.41) is -0.276. The first kappa shape index (κ1) is 22.9. The largest absolute Gasteiger partial charge is 0.416 e. The molecule has 0 radical (unpaired) electrons. The number of benzene rings is 1. The van der Waals surface area contributed by atoms with Gasteiger partial charge in [-0.15, -0.1) is 0 Å². The highest BCUT2D eigenvalue weighted by molar-refractivity contribution is 7.89. The maximum absolute atomic E-state index is 12.9. The topological polar surface area (TPSA) is 66.9 Å². The van der Waals surface area contributed by atoms with Gasteiger partial charge in [0.05, 0.1) is 10.6 Å². The lowest BCUT2D eigenvalue weighted by Gasteiger charge is -2.34. The van der Waals surface area contributed by atoms with E-state index in [-0.39, 0.29) is 37.1 Å². The number of hydrogen-bond acceptors (Lipinski definition) is 4. The van der Waals surface area contributed by atoms with Gasteiger partial charge in [-0.3, -0.25) is 4.79 Å². The summed E-state index contributed by atoms with van der Waals surface area (Å²) in [7, 11) is -4.21. The van der Waals surface area contributed by atoms with E-state index in [0.29, 0.717) is 32.1 Å². The van der Waals surface area contributed by atoms with Gasteiger partial charge in [0.2, 0.25) is 15.9 Å². The van der Waals surface area contributed by atoms with Crippen molar-refractivity contribution in [1.82, 2.24) is 9.21 Å². The van der Waals surface area contributed by atoms with Crippen LogP contribution in [0.25, 0.3) is 0 Å². The van der Waals surface area contributed by atoms with Gasteiger partial charge < -0.3 is 9.64 Å². The molecule has 0 saturated carbocycles. The minimum Gasteiger partial charge on any atom is -0.382 e. The fourth-order valence-electron chi connectivity index (χ4n) is 2.82. The highest BCUT2D eigenvalue weighted by Crippen LogP contribution is 2.34. The summed E-state index contributed by atoms with van der Waals surface area (Å²) in [6, 6.07) is 2.21. The lowest BCUT2D eigenvalue weighted by molar-refractivity contribution is -0.137. The van der Waals surface area contributed by atoms with Gasteiger partial charge in [0.1, 0.15) is 4.90 Å². The number of sulfonamides is 1. The van der Waals surface area contributed by atoms with Crippen molar-refractivity contribution < 1.29 is 31.1 Å². The van der Waals surface area contributed by atoms with Gasteiger partial charge >= 0.3 is 6.18 Å². The molecule has 1 amide bonds. The molecular formula is C17H22ClF3N2O4S. The van der Waals surface area contributed by atoms with Crippen LogP contribution in [-0.2, 0) is 25.7 Å². The summed E-state index contributed by atoms with van der Waals surface area (Å²) in [5.41, 5.74) is -1.08. The Hall–Kier alpha value is -1.36. The van der Waals surface area contributed by atoms with Gasteiger partial charge in [-0.05, 0) is 31.5 Å². The number of rotatable bonds is 7. The van der Waals surface area contributed by atoms with Crippen LogP contribution in [0.15, 0.2) is 23.1 Å². The van der Waals surface area contributed by atoms with Crippen molar-refractivity contribution in [3.8, 4) is 0 Å². The molecule has 0 aliphatic carbocycles. The summed E-state index contributed by atoms with van der Waals surface area (Å²) in [5.74, 6) is -0.103. The van der Waals surface area contributed by atoms with Crippen molar-refractivity contribution in [3.63, 3.8) is 0 Å². The van der Waals surface area contributed by atoms with Gasteiger partial charge in [0.25, 0.3) is 0 Å². The van der Waals surface area contributed by atoms with E-state index in [2.05, 4.69) is 0 Å². The van der Waals surface area contributed by atoms with Crippen molar-refractivity contribution in [2.45, 2.75) is 30.8 Å². The van der Waals surface area contributed by atoms with Crippen LogP contribution in [0.1, 0.15) is 25.3 Å². The minimum atomic E-state index is -4.68. The monoisotopic (exact) mass is 442 g/mol. The summed E-state index contributed by atoms with van der Waals surface area (Å²) in [4.78, 5) is 13.1. The third kappa shape index (κ3) is 5.59. The van der Waals surface area contributed by atoms with Crippen molar-refractivity contribution in [1.29, 1.82) is 0 Å². The highest BCUT2D eigenvalue weighted by atomic mass is 35.5. The molecular weight excluding hydrogens is 421 g/mol. The zero-order valence-electron chi connectivity index (χ0n) is 15.3. The smallest absolute Gasteiger partial charge is 0.382 e. The number of piperazine rings is 1. The van der Waals surface area contributed by atoms with Gasteiger partial charge in [-0.2, -0.15) is 17.5 Å².